The Morgan fingerprint density at radius 3 is 2.56 bits per heavy atom. The number of amides is 4. The van der Waals surface area contributed by atoms with Gasteiger partial charge in [-0.3, -0.25) is 19.3 Å². The summed E-state index contributed by atoms with van der Waals surface area (Å²) in [6, 6.07) is 6.44. The van der Waals surface area contributed by atoms with Crippen LogP contribution >= 0.6 is 0 Å². The summed E-state index contributed by atoms with van der Waals surface area (Å²) in [5.41, 5.74) is 1.36. The van der Waals surface area contributed by atoms with E-state index < -0.39 is 60.2 Å². The van der Waals surface area contributed by atoms with Gasteiger partial charge in [-0.05, 0) is 37.5 Å². The van der Waals surface area contributed by atoms with E-state index >= 15 is 0 Å². The Balaban J connectivity index is 1.59. The quantitative estimate of drug-likeness (QED) is 0.192. The van der Waals surface area contributed by atoms with Gasteiger partial charge in [0.15, 0.2) is 17.3 Å². The maximum Gasteiger partial charge on any atom is 0.526 e. The Labute approximate surface area is 224 Å². The third-order valence-corrected chi connectivity index (χ3v) is 7.12. The number of phenols is 2. The minimum atomic E-state index is -1.84. The largest absolute Gasteiger partial charge is 0.536 e. The summed E-state index contributed by atoms with van der Waals surface area (Å²) in [7, 11) is -1.34. The van der Waals surface area contributed by atoms with Gasteiger partial charge in [0.1, 0.15) is 17.9 Å². The van der Waals surface area contributed by atoms with Gasteiger partial charge in [-0.2, -0.15) is 0 Å². The molecule has 1 saturated heterocycles. The van der Waals surface area contributed by atoms with Crippen molar-refractivity contribution < 1.29 is 44.2 Å². The van der Waals surface area contributed by atoms with Gasteiger partial charge in [0.25, 0.3) is 0 Å². The first kappa shape index (κ1) is 27.9. The van der Waals surface area contributed by atoms with Crippen molar-refractivity contribution >= 4 is 30.7 Å². The van der Waals surface area contributed by atoms with Crippen LogP contribution in [0.25, 0.3) is 0 Å². The van der Waals surface area contributed by atoms with Gasteiger partial charge in [-0.15, -0.1) is 0 Å². The Hall–Kier alpha value is -4.10. The smallest absolute Gasteiger partial charge is 0.526 e. The van der Waals surface area contributed by atoms with E-state index in [0.29, 0.717) is 10.6 Å². The highest BCUT2D eigenvalue weighted by atomic mass is 16.5. The number of aryl methyl sites for hydroxylation is 1. The lowest BCUT2D eigenvalue weighted by Crippen LogP contribution is -2.60. The van der Waals surface area contributed by atoms with Crippen molar-refractivity contribution in [3.63, 3.8) is 0 Å². The van der Waals surface area contributed by atoms with E-state index in [2.05, 4.69) is 5.32 Å². The molecule has 3 atom stereocenters. The van der Waals surface area contributed by atoms with E-state index in [1.165, 1.54) is 23.1 Å². The number of rotatable bonds is 7. The standard InChI is InChI=1S/C26H30BN3O9/c1-3-29-10-11-30(25(36)24(29)35)26(37)28-20(22(34)17-8-5-9-18(31)21(17)33)19(32)13-16-12-15-7-4-6-14(2)23(15)39-27(16)38/h4-9,16,20,22,31,33-34,38H,3,10-13H2,1-2H3,(H,28,37)/t16-,20?,22?/m1/s1. The minimum Gasteiger partial charge on any atom is -0.536 e. The number of urea groups is 1. The summed E-state index contributed by atoms with van der Waals surface area (Å²) < 4.78 is 5.64. The fourth-order valence-corrected chi connectivity index (χ4v) is 4.88. The number of nitrogens with one attached hydrogen (secondary N) is 1. The topological polar surface area (TPSA) is 177 Å². The molecule has 12 nitrogen and oxygen atoms in total. The number of aliphatic hydroxyl groups excluding tert-OH is 1. The van der Waals surface area contributed by atoms with E-state index in [1.54, 1.807) is 6.92 Å². The molecule has 206 valence electrons. The summed E-state index contributed by atoms with van der Waals surface area (Å²) in [6.07, 6.45) is -1.90. The highest BCUT2D eigenvalue weighted by molar-refractivity contribution is 6.46. The number of Topliss-reactive ketones (excluding diaryl/α,β-unsaturated/α-hetero) is 1. The van der Waals surface area contributed by atoms with Crippen molar-refractivity contribution in [3.05, 3.63) is 53.1 Å². The van der Waals surface area contributed by atoms with Gasteiger partial charge in [-0.1, -0.05) is 30.3 Å². The summed E-state index contributed by atoms with van der Waals surface area (Å²) in [6.45, 7) is 3.78. The van der Waals surface area contributed by atoms with Crippen LogP contribution in [0.5, 0.6) is 17.2 Å². The van der Waals surface area contributed by atoms with E-state index in [-0.39, 0.29) is 38.0 Å². The lowest BCUT2D eigenvalue weighted by molar-refractivity contribution is -0.153. The first-order valence-corrected chi connectivity index (χ1v) is 12.6. The van der Waals surface area contributed by atoms with Gasteiger partial charge in [0.2, 0.25) is 0 Å². The molecule has 5 N–H and O–H groups in total. The molecule has 0 spiro atoms. The SMILES string of the molecule is CCN1CCN(C(=O)NC(C(=O)C[C@H]2Cc3cccc(C)c3OB2O)C(O)c2cccc(O)c2O)C(=O)C1=O. The number of nitrogens with zero attached hydrogens (tertiary/aromatic N) is 2. The zero-order valence-corrected chi connectivity index (χ0v) is 21.5. The molecular formula is C26H30BN3O9. The van der Waals surface area contributed by atoms with Crippen molar-refractivity contribution in [1.29, 1.82) is 0 Å². The van der Waals surface area contributed by atoms with Gasteiger partial charge in [0, 0.05) is 37.4 Å². The van der Waals surface area contributed by atoms with Gasteiger partial charge >= 0.3 is 25.0 Å². The molecule has 4 amide bonds. The van der Waals surface area contributed by atoms with Crippen LogP contribution < -0.4 is 9.97 Å². The number of aromatic hydroxyl groups is 2. The molecule has 1 fully saturated rings. The summed E-state index contributed by atoms with van der Waals surface area (Å²) in [4.78, 5) is 53.4. The number of ketones is 1. The number of carbonyl (C=O) groups is 4. The number of benzene rings is 2. The molecule has 2 unspecified atom stereocenters. The van der Waals surface area contributed by atoms with Crippen LogP contribution in [0, 0.1) is 6.92 Å². The minimum absolute atomic E-state index is 0.105. The number of para-hydroxylation sites is 2. The van der Waals surface area contributed by atoms with E-state index in [4.69, 9.17) is 4.65 Å². The van der Waals surface area contributed by atoms with E-state index in [9.17, 15) is 39.5 Å². The summed E-state index contributed by atoms with van der Waals surface area (Å²) in [5.74, 6) is -4.12. The molecule has 0 bridgehead atoms. The number of phenolic OH excluding ortho intramolecular Hbond substituents is 2. The zero-order valence-electron chi connectivity index (χ0n) is 21.5. The summed E-state index contributed by atoms with van der Waals surface area (Å²) in [5, 5.41) is 44.3. The Kier molecular flexibility index (Phi) is 8.12. The number of imide groups is 1. The van der Waals surface area contributed by atoms with Crippen LogP contribution in [0.1, 0.15) is 36.1 Å². The van der Waals surface area contributed by atoms with Crippen molar-refractivity contribution in [3.8, 4) is 17.2 Å². The second kappa shape index (κ2) is 11.3. The Morgan fingerprint density at radius 2 is 1.85 bits per heavy atom. The fraction of sp³-hybridized carbons (Fsp3) is 0.385. The van der Waals surface area contributed by atoms with Gasteiger partial charge in [0.05, 0.1) is 0 Å². The predicted octanol–water partition coefficient (Wildman–Crippen LogP) is 0.654. The lowest BCUT2D eigenvalue weighted by Gasteiger charge is -2.34. The number of fused-ring (bicyclic) bond motifs is 1. The number of hydrogen-bond donors (Lipinski definition) is 5. The van der Waals surface area contributed by atoms with Gasteiger partial charge in [-0.25, -0.2) is 4.79 Å². The average Bonchev–Trinajstić information content (AvgIpc) is 2.91. The van der Waals surface area contributed by atoms with E-state index in [1.807, 2.05) is 25.1 Å². The highest BCUT2D eigenvalue weighted by Crippen LogP contribution is 2.38. The number of hydrogen-bond acceptors (Lipinski definition) is 9. The van der Waals surface area contributed by atoms with Crippen molar-refractivity contribution in [1.82, 2.24) is 15.1 Å². The summed E-state index contributed by atoms with van der Waals surface area (Å²) >= 11 is 0. The number of aliphatic hydroxyl groups is 1. The van der Waals surface area contributed by atoms with Crippen molar-refractivity contribution in [2.24, 2.45) is 0 Å². The number of carbonyl (C=O) groups excluding carboxylic acids is 4. The van der Waals surface area contributed by atoms with Crippen LogP contribution in [0.15, 0.2) is 36.4 Å². The Bertz CT molecular complexity index is 1300. The second-order valence-corrected chi connectivity index (χ2v) is 9.63. The number of likely N-dealkylation sites (N-methyl/N-ethyl adjacent to an activating group) is 1. The average molecular weight is 539 g/mol. The van der Waals surface area contributed by atoms with Crippen molar-refractivity contribution in [2.75, 3.05) is 19.6 Å². The van der Waals surface area contributed by atoms with Gasteiger partial charge < -0.3 is 35.2 Å². The van der Waals surface area contributed by atoms with Crippen LogP contribution in [-0.4, -0.2) is 86.6 Å². The third kappa shape index (κ3) is 5.54. The van der Waals surface area contributed by atoms with E-state index in [0.717, 1.165) is 11.1 Å². The highest BCUT2D eigenvalue weighted by Gasteiger charge is 2.42. The molecule has 2 aromatic carbocycles. The second-order valence-electron chi connectivity index (χ2n) is 9.63. The molecule has 13 heteroatoms. The molecule has 2 heterocycles. The monoisotopic (exact) mass is 539 g/mol. The zero-order chi connectivity index (χ0) is 28.4. The molecule has 2 aromatic rings. The molecular weight excluding hydrogens is 509 g/mol. The third-order valence-electron chi connectivity index (χ3n) is 7.12. The molecule has 2 aliphatic rings. The first-order chi connectivity index (χ1) is 18.5. The number of piperazine rings is 1. The fourth-order valence-electron chi connectivity index (χ4n) is 4.88. The Morgan fingerprint density at radius 1 is 1.13 bits per heavy atom. The first-order valence-electron chi connectivity index (χ1n) is 12.6. The molecule has 39 heavy (non-hydrogen) atoms. The van der Waals surface area contributed by atoms with Crippen LogP contribution in [0.4, 0.5) is 4.79 Å². The molecule has 0 aromatic heterocycles. The lowest BCUT2D eigenvalue weighted by atomic mass is 9.64. The molecule has 0 saturated carbocycles. The van der Waals surface area contributed by atoms with Crippen LogP contribution in [0.2, 0.25) is 5.82 Å². The maximum absolute atomic E-state index is 13.5. The van der Waals surface area contributed by atoms with Crippen molar-refractivity contribution in [2.45, 2.75) is 44.7 Å². The van der Waals surface area contributed by atoms with Crippen LogP contribution in [-0.2, 0) is 20.8 Å². The molecule has 0 aliphatic carbocycles. The maximum atomic E-state index is 13.5. The predicted molar refractivity (Wildman–Crippen MR) is 138 cm³/mol. The molecule has 4 rings (SSSR count). The normalized spacial score (nSPS) is 18.8. The molecule has 2 aliphatic heterocycles. The van der Waals surface area contributed by atoms with Crippen LogP contribution in [0.3, 0.4) is 0 Å². The molecule has 0 radical (unpaired) electrons.